The van der Waals surface area contributed by atoms with E-state index in [1.807, 2.05) is 0 Å². The molecule has 19 heavy (non-hydrogen) atoms. The predicted molar refractivity (Wildman–Crippen MR) is 86.3 cm³/mol. The van der Waals surface area contributed by atoms with Crippen molar-refractivity contribution in [1.82, 2.24) is 0 Å². The van der Waals surface area contributed by atoms with E-state index in [9.17, 15) is 0 Å². The minimum absolute atomic E-state index is 0.852. The summed E-state index contributed by atoms with van der Waals surface area (Å²) >= 11 is 1.77. The molecule has 1 N–H and O–H groups in total. The van der Waals surface area contributed by atoms with E-state index in [2.05, 4.69) is 79.1 Å². The molecule has 0 fully saturated rings. The van der Waals surface area contributed by atoms with E-state index in [1.165, 1.54) is 21.8 Å². The van der Waals surface area contributed by atoms with Gasteiger partial charge in [0.1, 0.15) is 0 Å². The Hall–Kier alpha value is -1.61. The summed E-state index contributed by atoms with van der Waals surface area (Å²) < 4.78 is 0. The summed E-state index contributed by atoms with van der Waals surface area (Å²) in [5, 5.41) is 3.49. The highest BCUT2D eigenvalue weighted by molar-refractivity contribution is 7.98. The molecule has 0 unspecified atom stereocenters. The molecule has 0 heterocycles. The van der Waals surface area contributed by atoms with Crippen LogP contribution in [0.3, 0.4) is 0 Å². The van der Waals surface area contributed by atoms with Crippen LogP contribution in [0.2, 0.25) is 0 Å². The predicted octanol–water partition coefficient (Wildman–Crippen LogP) is 4.09. The molecule has 2 aromatic carbocycles. The normalized spacial score (nSPS) is 10.3. The monoisotopic (exact) mass is 272 g/mol. The van der Waals surface area contributed by atoms with Gasteiger partial charge in [-0.3, -0.25) is 0 Å². The molecule has 0 amide bonds. The fourth-order valence-electron chi connectivity index (χ4n) is 1.90. The summed E-state index contributed by atoms with van der Waals surface area (Å²) in [6.07, 6.45) is 2.10. The highest BCUT2D eigenvalue weighted by Crippen LogP contribution is 2.25. The Morgan fingerprint density at radius 1 is 1.00 bits per heavy atom. The first-order valence-electron chi connectivity index (χ1n) is 6.34. The van der Waals surface area contributed by atoms with Gasteiger partial charge in [0, 0.05) is 36.9 Å². The Morgan fingerprint density at radius 3 is 2.32 bits per heavy atom. The van der Waals surface area contributed by atoms with Crippen molar-refractivity contribution < 1.29 is 0 Å². The zero-order valence-electron chi connectivity index (χ0n) is 11.7. The summed E-state index contributed by atoms with van der Waals surface area (Å²) in [5.74, 6) is 0. The van der Waals surface area contributed by atoms with Gasteiger partial charge in [0.25, 0.3) is 0 Å². The molecule has 2 aromatic rings. The van der Waals surface area contributed by atoms with E-state index in [4.69, 9.17) is 0 Å². The number of para-hydroxylation sites is 1. The molecule has 2 nitrogen and oxygen atoms in total. The van der Waals surface area contributed by atoms with Crippen molar-refractivity contribution in [3.05, 3.63) is 54.1 Å². The molecule has 0 bridgehead atoms. The SMILES string of the molecule is CSc1ccccc1NCc1ccc(N(C)C)cc1. The van der Waals surface area contributed by atoms with Gasteiger partial charge in [0.05, 0.1) is 0 Å². The second-order valence-corrected chi connectivity index (χ2v) is 5.46. The van der Waals surface area contributed by atoms with Crippen LogP contribution in [-0.4, -0.2) is 20.4 Å². The first-order valence-corrected chi connectivity index (χ1v) is 7.56. The smallest absolute Gasteiger partial charge is 0.0480 e. The van der Waals surface area contributed by atoms with Gasteiger partial charge >= 0.3 is 0 Å². The third kappa shape index (κ3) is 3.67. The number of rotatable bonds is 5. The van der Waals surface area contributed by atoms with Gasteiger partial charge in [0.2, 0.25) is 0 Å². The molecule has 0 spiro atoms. The number of hydrogen-bond donors (Lipinski definition) is 1. The molecule has 0 radical (unpaired) electrons. The molecule has 100 valence electrons. The fourth-order valence-corrected chi connectivity index (χ4v) is 2.47. The van der Waals surface area contributed by atoms with E-state index in [1.54, 1.807) is 11.8 Å². The zero-order chi connectivity index (χ0) is 13.7. The van der Waals surface area contributed by atoms with Gasteiger partial charge < -0.3 is 10.2 Å². The van der Waals surface area contributed by atoms with Gasteiger partial charge in [-0.05, 0) is 36.1 Å². The standard InChI is InChI=1S/C16H20N2S/c1-18(2)14-10-8-13(9-11-14)12-17-15-6-4-5-7-16(15)19-3/h4-11,17H,12H2,1-3H3. The van der Waals surface area contributed by atoms with Crippen molar-refractivity contribution in [1.29, 1.82) is 0 Å². The van der Waals surface area contributed by atoms with Gasteiger partial charge in [-0.15, -0.1) is 11.8 Å². The Morgan fingerprint density at radius 2 is 1.68 bits per heavy atom. The first-order chi connectivity index (χ1) is 9.20. The number of hydrogen-bond acceptors (Lipinski definition) is 3. The second-order valence-electron chi connectivity index (χ2n) is 4.61. The Labute approximate surface area is 119 Å². The Balaban J connectivity index is 2.02. The van der Waals surface area contributed by atoms with Crippen LogP contribution in [0.5, 0.6) is 0 Å². The number of thioether (sulfide) groups is 1. The highest BCUT2D eigenvalue weighted by atomic mass is 32.2. The molecule has 0 saturated heterocycles. The molecule has 3 heteroatoms. The van der Waals surface area contributed by atoms with Crippen molar-refractivity contribution in [2.75, 3.05) is 30.6 Å². The van der Waals surface area contributed by atoms with Crippen LogP contribution in [0.1, 0.15) is 5.56 Å². The van der Waals surface area contributed by atoms with Gasteiger partial charge in [-0.25, -0.2) is 0 Å². The molecule has 0 saturated carbocycles. The van der Waals surface area contributed by atoms with E-state index >= 15 is 0 Å². The quantitative estimate of drug-likeness (QED) is 0.825. The fraction of sp³-hybridized carbons (Fsp3) is 0.250. The van der Waals surface area contributed by atoms with E-state index < -0.39 is 0 Å². The van der Waals surface area contributed by atoms with Gasteiger partial charge in [-0.1, -0.05) is 24.3 Å². The average molecular weight is 272 g/mol. The van der Waals surface area contributed by atoms with Crippen molar-refractivity contribution in [3.63, 3.8) is 0 Å². The number of benzene rings is 2. The van der Waals surface area contributed by atoms with E-state index in [0.717, 1.165) is 6.54 Å². The van der Waals surface area contributed by atoms with Crippen molar-refractivity contribution >= 4 is 23.1 Å². The summed E-state index contributed by atoms with van der Waals surface area (Å²) in [6, 6.07) is 17.0. The number of nitrogens with zero attached hydrogens (tertiary/aromatic N) is 1. The highest BCUT2D eigenvalue weighted by Gasteiger charge is 2.00. The van der Waals surface area contributed by atoms with Crippen LogP contribution in [-0.2, 0) is 6.54 Å². The van der Waals surface area contributed by atoms with Crippen LogP contribution in [0.25, 0.3) is 0 Å². The van der Waals surface area contributed by atoms with Gasteiger partial charge in [-0.2, -0.15) is 0 Å². The van der Waals surface area contributed by atoms with Crippen molar-refractivity contribution in [3.8, 4) is 0 Å². The molecule has 0 aliphatic carbocycles. The van der Waals surface area contributed by atoms with E-state index in [-0.39, 0.29) is 0 Å². The summed E-state index contributed by atoms with van der Waals surface area (Å²) in [5.41, 5.74) is 3.72. The summed E-state index contributed by atoms with van der Waals surface area (Å²) in [6.45, 7) is 0.852. The first kappa shape index (κ1) is 13.8. The second kappa shape index (κ2) is 6.53. The maximum atomic E-state index is 3.49. The Kier molecular flexibility index (Phi) is 4.74. The van der Waals surface area contributed by atoms with E-state index in [0.29, 0.717) is 0 Å². The largest absolute Gasteiger partial charge is 0.380 e. The molecule has 2 rings (SSSR count). The molecular weight excluding hydrogens is 252 g/mol. The minimum atomic E-state index is 0.852. The topological polar surface area (TPSA) is 15.3 Å². The maximum absolute atomic E-state index is 3.49. The van der Waals surface area contributed by atoms with Crippen LogP contribution in [0.15, 0.2) is 53.4 Å². The lowest BCUT2D eigenvalue weighted by molar-refractivity contribution is 1.10. The molecule has 0 aliphatic heterocycles. The molecule has 0 atom stereocenters. The van der Waals surface area contributed by atoms with Crippen LogP contribution >= 0.6 is 11.8 Å². The Bertz CT molecular complexity index is 521. The zero-order valence-corrected chi connectivity index (χ0v) is 12.5. The maximum Gasteiger partial charge on any atom is 0.0480 e. The van der Waals surface area contributed by atoms with Crippen molar-refractivity contribution in [2.24, 2.45) is 0 Å². The molecule has 0 aromatic heterocycles. The lowest BCUT2D eigenvalue weighted by atomic mass is 10.2. The van der Waals surface area contributed by atoms with Crippen LogP contribution in [0, 0.1) is 0 Å². The molecular formula is C16H20N2S. The van der Waals surface area contributed by atoms with Crippen LogP contribution in [0.4, 0.5) is 11.4 Å². The average Bonchev–Trinajstić information content (AvgIpc) is 2.45. The third-order valence-electron chi connectivity index (χ3n) is 3.04. The lowest BCUT2D eigenvalue weighted by Gasteiger charge is -2.14. The van der Waals surface area contributed by atoms with Crippen molar-refractivity contribution in [2.45, 2.75) is 11.4 Å². The summed E-state index contributed by atoms with van der Waals surface area (Å²) in [7, 11) is 4.12. The third-order valence-corrected chi connectivity index (χ3v) is 3.84. The minimum Gasteiger partial charge on any atom is -0.380 e. The van der Waals surface area contributed by atoms with Crippen LogP contribution < -0.4 is 10.2 Å². The summed E-state index contributed by atoms with van der Waals surface area (Å²) in [4.78, 5) is 3.40. The number of nitrogens with one attached hydrogen (secondary N) is 1. The lowest BCUT2D eigenvalue weighted by Crippen LogP contribution is -2.08. The van der Waals surface area contributed by atoms with Gasteiger partial charge in [0.15, 0.2) is 0 Å². The molecule has 0 aliphatic rings. The number of anilines is 2.